The second-order valence-electron chi connectivity index (χ2n) is 4.11. The largest absolute Gasteiger partial charge is 0.478 e. The maximum atomic E-state index is 10.8. The van der Waals surface area contributed by atoms with E-state index in [0.717, 1.165) is 11.3 Å². The van der Waals surface area contributed by atoms with Crippen LogP contribution in [0.25, 0.3) is 0 Å². The molecule has 18 heavy (non-hydrogen) atoms. The summed E-state index contributed by atoms with van der Waals surface area (Å²) in [4.78, 5) is 10.8. The van der Waals surface area contributed by atoms with Crippen LogP contribution in [0.5, 0.6) is 0 Å². The number of carboxylic acid groups (broad SMARTS) is 1. The number of methoxy groups -OCH3 is 2. The first-order valence-electron chi connectivity index (χ1n) is 5.65. The van der Waals surface area contributed by atoms with Gasteiger partial charge in [-0.3, -0.25) is 0 Å². The monoisotopic (exact) mass is 253 g/mol. The first-order valence-corrected chi connectivity index (χ1v) is 5.65. The Morgan fingerprint density at radius 1 is 1.33 bits per heavy atom. The number of benzene rings is 1. The number of nitrogens with one attached hydrogen (secondary N) is 1. The van der Waals surface area contributed by atoms with E-state index in [2.05, 4.69) is 5.32 Å². The number of rotatable bonds is 6. The summed E-state index contributed by atoms with van der Waals surface area (Å²) in [5, 5.41) is 12.1. The van der Waals surface area contributed by atoms with Crippen LogP contribution in [0.4, 0.5) is 5.69 Å². The molecule has 0 fully saturated rings. The normalized spacial score (nSPS) is 12.5. The van der Waals surface area contributed by atoms with E-state index in [1.54, 1.807) is 32.4 Å². The molecule has 1 atom stereocenters. The van der Waals surface area contributed by atoms with Crippen molar-refractivity contribution in [2.45, 2.75) is 26.2 Å². The Bertz CT molecular complexity index is 415. The van der Waals surface area contributed by atoms with E-state index in [1.165, 1.54) is 0 Å². The van der Waals surface area contributed by atoms with Crippen molar-refractivity contribution in [1.29, 1.82) is 0 Å². The highest BCUT2D eigenvalue weighted by molar-refractivity contribution is 5.88. The summed E-state index contributed by atoms with van der Waals surface area (Å²) in [6.07, 6.45) is -0.358. The number of carboxylic acids is 1. The molecule has 0 aromatic heterocycles. The molecular weight excluding hydrogens is 234 g/mol. The third kappa shape index (κ3) is 3.45. The van der Waals surface area contributed by atoms with Crippen molar-refractivity contribution in [1.82, 2.24) is 0 Å². The second-order valence-corrected chi connectivity index (χ2v) is 4.11. The number of anilines is 1. The summed E-state index contributed by atoms with van der Waals surface area (Å²) in [5.74, 6) is -0.927. The number of aromatic carboxylic acids is 1. The van der Waals surface area contributed by atoms with Gasteiger partial charge in [-0.05, 0) is 37.6 Å². The Morgan fingerprint density at radius 2 is 1.94 bits per heavy atom. The lowest BCUT2D eigenvalue weighted by molar-refractivity contribution is -0.109. The van der Waals surface area contributed by atoms with Crippen LogP contribution >= 0.6 is 0 Å². The molecule has 1 rings (SSSR count). The van der Waals surface area contributed by atoms with Crippen molar-refractivity contribution in [2.75, 3.05) is 19.5 Å². The van der Waals surface area contributed by atoms with Gasteiger partial charge in [0.25, 0.3) is 0 Å². The third-order valence-corrected chi connectivity index (χ3v) is 2.73. The highest BCUT2D eigenvalue weighted by Gasteiger charge is 2.16. The molecule has 0 spiro atoms. The van der Waals surface area contributed by atoms with Crippen LogP contribution in [0.2, 0.25) is 0 Å². The summed E-state index contributed by atoms with van der Waals surface area (Å²) >= 11 is 0. The standard InChI is InChI=1S/C13H19NO4/c1-8-7-10(12(15)16)5-6-11(8)14-9(2)13(17-3)18-4/h5-7,9,13-14H,1-4H3,(H,15,16). The lowest BCUT2D eigenvalue weighted by Crippen LogP contribution is -2.34. The smallest absolute Gasteiger partial charge is 0.335 e. The maximum absolute atomic E-state index is 10.8. The second kappa shape index (κ2) is 6.37. The summed E-state index contributed by atoms with van der Waals surface area (Å²) in [7, 11) is 3.15. The van der Waals surface area contributed by atoms with Crippen molar-refractivity contribution in [3.63, 3.8) is 0 Å². The maximum Gasteiger partial charge on any atom is 0.335 e. The van der Waals surface area contributed by atoms with Gasteiger partial charge in [0.2, 0.25) is 0 Å². The molecule has 1 unspecified atom stereocenters. The van der Waals surface area contributed by atoms with Gasteiger partial charge < -0.3 is 19.9 Å². The number of aryl methyl sites for hydroxylation is 1. The van der Waals surface area contributed by atoms with E-state index in [0.29, 0.717) is 0 Å². The fourth-order valence-corrected chi connectivity index (χ4v) is 1.78. The molecule has 100 valence electrons. The molecule has 0 aliphatic heterocycles. The quantitative estimate of drug-likeness (QED) is 0.760. The fourth-order valence-electron chi connectivity index (χ4n) is 1.78. The van der Waals surface area contributed by atoms with Crippen molar-refractivity contribution in [2.24, 2.45) is 0 Å². The Hall–Kier alpha value is -1.59. The van der Waals surface area contributed by atoms with Gasteiger partial charge in [0.15, 0.2) is 6.29 Å². The molecule has 0 aliphatic carbocycles. The predicted molar refractivity (Wildman–Crippen MR) is 69.0 cm³/mol. The summed E-state index contributed by atoms with van der Waals surface area (Å²) in [5.41, 5.74) is 2.01. The van der Waals surface area contributed by atoms with Gasteiger partial charge >= 0.3 is 5.97 Å². The summed E-state index contributed by atoms with van der Waals surface area (Å²) in [6, 6.07) is 4.90. The molecule has 0 heterocycles. The number of hydrogen-bond donors (Lipinski definition) is 2. The average molecular weight is 253 g/mol. The van der Waals surface area contributed by atoms with Gasteiger partial charge in [0.1, 0.15) is 0 Å². The number of hydrogen-bond acceptors (Lipinski definition) is 4. The van der Waals surface area contributed by atoms with Crippen LogP contribution in [-0.4, -0.2) is 37.6 Å². The Balaban J connectivity index is 2.82. The summed E-state index contributed by atoms with van der Waals surface area (Å²) in [6.45, 7) is 3.79. The van der Waals surface area contributed by atoms with E-state index < -0.39 is 5.97 Å². The van der Waals surface area contributed by atoms with E-state index >= 15 is 0 Å². The van der Waals surface area contributed by atoms with Crippen LogP contribution in [0, 0.1) is 6.92 Å². The summed E-state index contributed by atoms with van der Waals surface area (Å²) < 4.78 is 10.3. The van der Waals surface area contributed by atoms with E-state index in [-0.39, 0.29) is 17.9 Å². The minimum absolute atomic E-state index is 0.0469. The average Bonchev–Trinajstić information content (AvgIpc) is 2.33. The molecule has 0 saturated heterocycles. The molecule has 5 heteroatoms. The van der Waals surface area contributed by atoms with Gasteiger partial charge in [-0.1, -0.05) is 0 Å². The predicted octanol–water partition coefficient (Wildman–Crippen LogP) is 2.11. The molecule has 1 aromatic carbocycles. The SMILES string of the molecule is COC(OC)C(C)Nc1ccc(C(=O)O)cc1C. The van der Waals surface area contributed by atoms with Crippen molar-refractivity contribution in [3.05, 3.63) is 29.3 Å². The Morgan fingerprint density at radius 3 is 2.39 bits per heavy atom. The van der Waals surface area contributed by atoms with Crippen LogP contribution < -0.4 is 5.32 Å². The van der Waals surface area contributed by atoms with Crippen LogP contribution in [0.1, 0.15) is 22.8 Å². The van der Waals surface area contributed by atoms with Gasteiger partial charge in [-0.15, -0.1) is 0 Å². The first-order chi connectivity index (χ1) is 8.49. The molecule has 2 N–H and O–H groups in total. The number of carbonyl (C=O) groups is 1. The molecule has 5 nitrogen and oxygen atoms in total. The zero-order valence-corrected chi connectivity index (χ0v) is 11.1. The molecule has 0 radical (unpaired) electrons. The molecule has 1 aromatic rings. The highest BCUT2D eigenvalue weighted by Crippen LogP contribution is 2.18. The van der Waals surface area contributed by atoms with Crippen molar-refractivity contribution >= 4 is 11.7 Å². The minimum atomic E-state index is -0.927. The van der Waals surface area contributed by atoms with Crippen LogP contribution in [0.3, 0.4) is 0 Å². The molecule has 0 saturated carbocycles. The lowest BCUT2D eigenvalue weighted by Gasteiger charge is -2.24. The van der Waals surface area contributed by atoms with Crippen molar-refractivity contribution < 1.29 is 19.4 Å². The van der Waals surface area contributed by atoms with E-state index in [4.69, 9.17) is 14.6 Å². The molecule has 0 aliphatic rings. The van der Waals surface area contributed by atoms with Crippen molar-refractivity contribution in [3.8, 4) is 0 Å². The Kier molecular flexibility index (Phi) is 5.12. The first kappa shape index (κ1) is 14.5. The van der Waals surface area contributed by atoms with Crippen LogP contribution in [0.15, 0.2) is 18.2 Å². The van der Waals surface area contributed by atoms with Gasteiger partial charge in [0, 0.05) is 19.9 Å². The molecule has 0 bridgehead atoms. The topological polar surface area (TPSA) is 67.8 Å². The third-order valence-electron chi connectivity index (χ3n) is 2.73. The zero-order chi connectivity index (χ0) is 13.7. The molecular formula is C13H19NO4. The lowest BCUT2D eigenvalue weighted by atomic mass is 10.1. The van der Waals surface area contributed by atoms with E-state index in [1.807, 2.05) is 13.8 Å². The number of ether oxygens (including phenoxy) is 2. The fraction of sp³-hybridized carbons (Fsp3) is 0.462. The van der Waals surface area contributed by atoms with Gasteiger partial charge in [0.05, 0.1) is 11.6 Å². The zero-order valence-electron chi connectivity index (χ0n) is 11.1. The van der Waals surface area contributed by atoms with Gasteiger partial charge in [-0.2, -0.15) is 0 Å². The molecule has 0 amide bonds. The van der Waals surface area contributed by atoms with Gasteiger partial charge in [-0.25, -0.2) is 4.79 Å². The Labute approximate surface area is 107 Å². The van der Waals surface area contributed by atoms with Crippen LogP contribution in [-0.2, 0) is 9.47 Å². The minimum Gasteiger partial charge on any atom is -0.478 e. The van der Waals surface area contributed by atoms with E-state index in [9.17, 15) is 4.79 Å². The highest BCUT2D eigenvalue weighted by atomic mass is 16.7.